The van der Waals surface area contributed by atoms with Crippen LogP contribution in [0, 0.1) is 0 Å². The smallest absolute Gasteiger partial charge is 0.357 e. The zero-order chi connectivity index (χ0) is 17.7. The first-order valence-electron chi connectivity index (χ1n) is 7.26. The SMILES string of the molecule is C[C@H](NC(=O)[C@@H](C)OC(=O)c1ccccn1)c1ccc(Cl)cc1Cl. The van der Waals surface area contributed by atoms with Crippen molar-refractivity contribution in [1.29, 1.82) is 0 Å². The minimum atomic E-state index is -0.965. The molecule has 7 heteroatoms. The fourth-order valence-electron chi connectivity index (χ4n) is 2.02. The van der Waals surface area contributed by atoms with E-state index in [1.54, 1.807) is 37.3 Å². The summed E-state index contributed by atoms with van der Waals surface area (Å²) in [6, 6.07) is 9.53. The second-order valence-electron chi connectivity index (χ2n) is 5.16. The molecule has 0 fully saturated rings. The van der Waals surface area contributed by atoms with E-state index in [0.717, 1.165) is 5.56 Å². The van der Waals surface area contributed by atoms with Crippen LogP contribution in [0.25, 0.3) is 0 Å². The molecule has 0 aliphatic rings. The number of halogens is 2. The third-order valence-electron chi connectivity index (χ3n) is 3.31. The van der Waals surface area contributed by atoms with E-state index in [9.17, 15) is 9.59 Å². The maximum atomic E-state index is 12.2. The van der Waals surface area contributed by atoms with Crippen LogP contribution in [0.3, 0.4) is 0 Å². The van der Waals surface area contributed by atoms with Crippen LogP contribution in [0.4, 0.5) is 0 Å². The number of ether oxygens (including phenoxy) is 1. The zero-order valence-electron chi connectivity index (χ0n) is 13.1. The molecule has 0 bridgehead atoms. The van der Waals surface area contributed by atoms with Gasteiger partial charge in [-0.05, 0) is 43.7 Å². The highest BCUT2D eigenvalue weighted by atomic mass is 35.5. The van der Waals surface area contributed by atoms with Crippen LogP contribution >= 0.6 is 23.2 Å². The van der Waals surface area contributed by atoms with Crippen LogP contribution in [-0.2, 0) is 9.53 Å². The third kappa shape index (κ3) is 4.69. The van der Waals surface area contributed by atoms with Gasteiger partial charge in [0.25, 0.3) is 5.91 Å². The van der Waals surface area contributed by atoms with Crippen molar-refractivity contribution in [2.45, 2.75) is 26.0 Å². The maximum absolute atomic E-state index is 12.2. The Hall–Kier alpha value is -2.11. The van der Waals surface area contributed by atoms with Crippen molar-refractivity contribution in [3.05, 3.63) is 63.9 Å². The number of aromatic nitrogens is 1. The number of carbonyl (C=O) groups excluding carboxylic acids is 2. The third-order valence-corrected chi connectivity index (χ3v) is 3.88. The molecule has 1 heterocycles. The van der Waals surface area contributed by atoms with Gasteiger partial charge in [-0.1, -0.05) is 35.3 Å². The predicted molar refractivity (Wildman–Crippen MR) is 92.1 cm³/mol. The molecule has 1 N–H and O–H groups in total. The van der Waals surface area contributed by atoms with Crippen molar-refractivity contribution in [3.63, 3.8) is 0 Å². The number of benzene rings is 1. The van der Waals surface area contributed by atoms with Crippen LogP contribution in [0.15, 0.2) is 42.6 Å². The van der Waals surface area contributed by atoms with Gasteiger partial charge in [0.1, 0.15) is 5.69 Å². The topological polar surface area (TPSA) is 68.3 Å². The van der Waals surface area contributed by atoms with Gasteiger partial charge in [0.2, 0.25) is 0 Å². The number of carbonyl (C=O) groups is 2. The lowest BCUT2D eigenvalue weighted by Gasteiger charge is -2.19. The molecule has 0 unspecified atom stereocenters. The molecule has 2 aromatic rings. The Morgan fingerprint density at radius 1 is 1.17 bits per heavy atom. The zero-order valence-corrected chi connectivity index (χ0v) is 14.6. The van der Waals surface area contributed by atoms with E-state index < -0.39 is 18.0 Å². The fraction of sp³-hybridized carbons (Fsp3) is 0.235. The van der Waals surface area contributed by atoms with Crippen molar-refractivity contribution in [3.8, 4) is 0 Å². The van der Waals surface area contributed by atoms with Gasteiger partial charge >= 0.3 is 5.97 Å². The molecule has 0 saturated heterocycles. The number of nitrogens with one attached hydrogen (secondary N) is 1. The summed E-state index contributed by atoms with van der Waals surface area (Å²) >= 11 is 12.0. The fourth-order valence-corrected chi connectivity index (χ4v) is 2.59. The van der Waals surface area contributed by atoms with E-state index in [4.69, 9.17) is 27.9 Å². The molecule has 0 aliphatic heterocycles. The lowest BCUT2D eigenvalue weighted by molar-refractivity contribution is -0.129. The second kappa shape index (κ2) is 8.13. The Morgan fingerprint density at radius 3 is 2.54 bits per heavy atom. The maximum Gasteiger partial charge on any atom is 0.357 e. The summed E-state index contributed by atoms with van der Waals surface area (Å²) in [6.45, 7) is 3.27. The molecule has 126 valence electrons. The molecule has 0 aliphatic carbocycles. The lowest BCUT2D eigenvalue weighted by atomic mass is 10.1. The van der Waals surface area contributed by atoms with Gasteiger partial charge in [0, 0.05) is 16.2 Å². The van der Waals surface area contributed by atoms with Gasteiger partial charge in [-0.25, -0.2) is 9.78 Å². The van der Waals surface area contributed by atoms with E-state index in [0.29, 0.717) is 10.0 Å². The normalized spacial score (nSPS) is 13.0. The van der Waals surface area contributed by atoms with Crippen LogP contribution in [-0.4, -0.2) is 23.0 Å². The van der Waals surface area contributed by atoms with E-state index >= 15 is 0 Å². The number of hydrogen-bond acceptors (Lipinski definition) is 4. The highest BCUT2D eigenvalue weighted by Gasteiger charge is 2.22. The average Bonchev–Trinajstić information content (AvgIpc) is 2.55. The van der Waals surface area contributed by atoms with Crippen molar-refractivity contribution in [1.82, 2.24) is 10.3 Å². The molecule has 0 radical (unpaired) electrons. The first kappa shape index (κ1) is 18.2. The standard InChI is InChI=1S/C17H16Cl2N2O3/c1-10(13-7-6-12(18)9-14(13)19)21-16(22)11(2)24-17(23)15-5-3-4-8-20-15/h3-11H,1-2H3,(H,21,22)/t10-,11+/m0/s1. The summed E-state index contributed by atoms with van der Waals surface area (Å²) in [5.74, 6) is -1.09. The lowest BCUT2D eigenvalue weighted by Crippen LogP contribution is -2.37. The van der Waals surface area contributed by atoms with Crippen LogP contribution in [0.1, 0.15) is 35.9 Å². The minimum absolute atomic E-state index is 0.144. The largest absolute Gasteiger partial charge is 0.448 e. The number of hydrogen-bond donors (Lipinski definition) is 1. The van der Waals surface area contributed by atoms with Crippen molar-refractivity contribution < 1.29 is 14.3 Å². The van der Waals surface area contributed by atoms with E-state index in [1.807, 2.05) is 0 Å². The molecule has 5 nitrogen and oxygen atoms in total. The quantitative estimate of drug-likeness (QED) is 0.816. The predicted octanol–water partition coefficient (Wildman–Crippen LogP) is 3.81. The van der Waals surface area contributed by atoms with Gasteiger partial charge in [0.15, 0.2) is 6.10 Å². The first-order valence-corrected chi connectivity index (χ1v) is 8.01. The number of rotatable bonds is 5. The van der Waals surface area contributed by atoms with Gasteiger partial charge in [-0.2, -0.15) is 0 Å². The summed E-state index contributed by atoms with van der Waals surface area (Å²) in [5, 5.41) is 3.72. The monoisotopic (exact) mass is 366 g/mol. The van der Waals surface area contributed by atoms with Crippen molar-refractivity contribution >= 4 is 35.1 Å². The van der Waals surface area contributed by atoms with Crippen LogP contribution in [0.2, 0.25) is 10.0 Å². The Labute approximate surface area is 149 Å². The number of amides is 1. The van der Waals surface area contributed by atoms with Gasteiger partial charge in [-0.3, -0.25) is 4.79 Å². The summed E-state index contributed by atoms with van der Waals surface area (Å²) in [4.78, 5) is 28.0. The number of esters is 1. The van der Waals surface area contributed by atoms with Crippen LogP contribution < -0.4 is 5.32 Å². The van der Waals surface area contributed by atoms with Gasteiger partial charge in [0.05, 0.1) is 6.04 Å². The average molecular weight is 367 g/mol. The van der Waals surface area contributed by atoms with Crippen molar-refractivity contribution in [2.75, 3.05) is 0 Å². The highest BCUT2D eigenvalue weighted by Crippen LogP contribution is 2.26. The number of nitrogens with zero attached hydrogens (tertiary/aromatic N) is 1. The summed E-state index contributed by atoms with van der Waals surface area (Å²) < 4.78 is 5.12. The second-order valence-corrected chi connectivity index (χ2v) is 6.00. The van der Waals surface area contributed by atoms with Crippen LogP contribution in [0.5, 0.6) is 0 Å². The Kier molecular flexibility index (Phi) is 6.17. The molecule has 2 rings (SSSR count). The minimum Gasteiger partial charge on any atom is -0.448 e. The Bertz CT molecular complexity index is 738. The Morgan fingerprint density at radius 2 is 1.92 bits per heavy atom. The van der Waals surface area contributed by atoms with E-state index in [-0.39, 0.29) is 11.7 Å². The van der Waals surface area contributed by atoms with E-state index in [2.05, 4.69) is 10.3 Å². The molecular weight excluding hydrogens is 351 g/mol. The summed E-state index contributed by atoms with van der Waals surface area (Å²) in [6.07, 6.45) is 0.513. The molecular formula is C17H16Cl2N2O3. The Balaban J connectivity index is 1.97. The van der Waals surface area contributed by atoms with E-state index in [1.165, 1.54) is 19.2 Å². The molecule has 1 aromatic carbocycles. The highest BCUT2D eigenvalue weighted by molar-refractivity contribution is 6.35. The number of pyridine rings is 1. The molecule has 1 amide bonds. The summed E-state index contributed by atoms with van der Waals surface area (Å²) in [5.41, 5.74) is 0.864. The first-order chi connectivity index (χ1) is 11.4. The molecule has 0 spiro atoms. The van der Waals surface area contributed by atoms with Crippen molar-refractivity contribution in [2.24, 2.45) is 0 Å². The molecule has 1 aromatic heterocycles. The van der Waals surface area contributed by atoms with Gasteiger partial charge < -0.3 is 10.1 Å². The summed E-state index contributed by atoms with van der Waals surface area (Å²) in [7, 11) is 0. The van der Waals surface area contributed by atoms with Gasteiger partial charge in [-0.15, -0.1) is 0 Å². The molecule has 0 saturated carbocycles. The molecule has 2 atom stereocenters. The molecule has 24 heavy (non-hydrogen) atoms.